The van der Waals surface area contributed by atoms with Gasteiger partial charge in [-0.05, 0) is 0 Å². The fourth-order valence-corrected chi connectivity index (χ4v) is 1.06. The van der Waals surface area contributed by atoms with Crippen LogP contribution in [0.2, 0.25) is 0 Å². The first-order valence-electron chi connectivity index (χ1n) is 3.34. The van der Waals surface area contributed by atoms with E-state index in [1.165, 1.54) is 18.2 Å². The fourth-order valence-electron chi connectivity index (χ4n) is 0.614. The van der Waals surface area contributed by atoms with E-state index in [4.69, 9.17) is 0 Å². The molecule has 0 aromatic carbocycles. The van der Waals surface area contributed by atoms with Crippen LogP contribution in [-0.2, 0) is 10.0 Å². The maximum absolute atomic E-state index is 11.8. The van der Waals surface area contributed by atoms with E-state index in [-0.39, 0.29) is 0 Å². The summed E-state index contributed by atoms with van der Waals surface area (Å²) >= 11 is 0. The fraction of sp³-hybridized carbons (Fsp3) is 0.167. The summed E-state index contributed by atoms with van der Waals surface area (Å²) in [6.07, 6.45) is 2.17. The second-order valence-corrected chi connectivity index (χ2v) is 3.83. The summed E-state index contributed by atoms with van der Waals surface area (Å²) in [5.74, 6) is 0. The molecular formula is C6H5F3N2O2S. The largest absolute Gasteiger partial charge is 0.487 e. The summed E-state index contributed by atoms with van der Waals surface area (Å²) in [7, 11) is -5.46. The summed E-state index contributed by atoms with van der Waals surface area (Å²) in [5, 5.41) is 0. The zero-order valence-corrected chi connectivity index (χ0v) is 7.46. The van der Waals surface area contributed by atoms with Crippen LogP contribution in [0.3, 0.4) is 0 Å². The van der Waals surface area contributed by atoms with Gasteiger partial charge in [-0.3, -0.25) is 0 Å². The monoisotopic (exact) mass is 226 g/mol. The molecule has 0 unspecified atom stereocenters. The molecule has 78 valence electrons. The number of hydrogen-bond donors (Lipinski definition) is 0. The minimum Gasteiger partial charge on any atom is -0.315 e. The Morgan fingerprint density at radius 3 is 2.00 bits per heavy atom. The number of aromatic nitrogens is 1. The second kappa shape index (κ2) is 3.45. The molecule has 0 amide bonds. The van der Waals surface area contributed by atoms with Gasteiger partial charge in [0.1, 0.15) is 0 Å². The number of sulfonamides is 1. The third-order valence-electron chi connectivity index (χ3n) is 1.19. The van der Waals surface area contributed by atoms with Crippen molar-refractivity contribution in [2.45, 2.75) is 5.51 Å². The Balaban J connectivity index is 2.91. The molecule has 0 saturated heterocycles. The second-order valence-electron chi connectivity index (χ2n) is 2.26. The van der Waals surface area contributed by atoms with E-state index in [2.05, 4.69) is 4.83 Å². The highest BCUT2D eigenvalue weighted by Crippen LogP contribution is 2.25. The molecule has 0 fully saturated rings. The first-order chi connectivity index (χ1) is 6.33. The van der Waals surface area contributed by atoms with Gasteiger partial charge in [-0.15, -0.1) is 0 Å². The number of nitrogens with zero attached hydrogens (tertiary/aromatic N) is 2. The van der Waals surface area contributed by atoms with Crippen LogP contribution in [0.15, 0.2) is 30.6 Å². The van der Waals surface area contributed by atoms with Crippen molar-refractivity contribution in [1.29, 1.82) is 0 Å². The molecule has 1 heterocycles. The number of alkyl halides is 3. The van der Waals surface area contributed by atoms with Crippen molar-refractivity contribution in [2.24, 2.45) is 0 Å². The topological polar surface area (TPSA) is 52.1 Å². The van der Waals surface area contributed by atoms with E-state index >= 15 is 0 Å². The molecule has 0 bridgehead atoms. The molecule has 1 aromatic heterocycles. The number of rotatable bonds is 2. The highest BCUT2D eigenvalue weighted by molar-refractivity contribution is 7.94. The predicted octanol–water partition coefficient (Wildman–Crippen LogP) is 0.960. The van der Waals surface area contributed by atoms with Crippen molar-refractivity contribution in [3.05, 3.63) is 35.4 Å². The molecule has 1 rings (SSSR count). The molecule has 4 nitrogen and oxygen atoms in total. The summed E-state index contributed by atoms with van der Waals surface area (Å²) in [6.45, 7) is 0. The van der Waals surface area contributed by atoms with Gasteiger partial charge in [0, 0.05) is 12.1 Å². The molecule has 0 radical (unpaired) electrons. The van der Waals surface area contributed by atoms with Crippen LogP contribution in [0, 0.1) is 0 Å². The van der Waals surface area contributed by atoms with Crippen LogP contribution in [0.4, 0.5) is 13.2 Å². The van der Waals surface area contributed by atoms with Gasteiger partial charge in [-0.25, -0.2) is 13.1 Å². The lowest BCUT2D eigenvalue weighted by Crippen LogP contribution is -2.36. The van der Waals surface area contributed by atoms with Gasteiger partial charge in [0.2, 0.25) is 10.0 Å². The number of hydrogen-bond acceptors (Lipinski definition) is 2. The molecule has 1 aromatic rings. The van der Waals surface area contributed by atoms with Crippen LogP contribution in [-0.4, -0.2) is 13.9 Å². The highest BCUT2D eigenvalue weighted by Gasteiger charge is 2.41. The lowest BCUT2D eigenvalue weighted by Gasteiger charge is -2.15. The molecule has 0 saturated carbocycles. The zero-order chi connectivity index (χ0) is 10.8. The van der Waals surface area contributed by atoms with Gasteiger partial charge < -0.3 is 4.83 Å². The van der Waals surface area contributed by atoms with Crippen molar-refractivity contribution in [2.75, 3.05) is 0 Å². The van der Waals surface area contributed by atoms with Crippen LogP contribution >= 0.6 is 0 Å². The smallest absolute Gasteiger partial charge is 0.315 e. The van der Waals surface area contributed by atoms with E-state index in [9.17, 15) is 21.6 Å². The van der Waals surface area contributed by atoms with Crippen LogP contribution in [0.25, 0.3) is 4.83 Å². The molecule has 14 heavy (non-hydrogen) atoms. The molecule has 0 aliphatic heterocycles. The average molecular weight is 226 g/mol. The number of halogens is 3. The Bertz CT molecular complexity index is 401. The molecule has 0 aliphatic rings. The van der Waals surface area contributed by atoms with Gasteiger partial charge in [0.15, 0.2) is 12.4 Å². The van der Waals surface area contributed by atoms with Crippen LogP contribution in [0.5, 0.6) is 0 Å². The summed E-state index contributed by atoms with van der Waals surface area (Å²) in [5.41, 5.74) is -5.37. The van der Waals surface area contributed by atoms with E-state index < -0.39 is 15.5 Å². The molecule has 0 N–H and O–H groups in total. The normalized spacial score (nSPS) is 12.5. The van der Waals surface area contributed by atoms with Gasteiger partial charge in [-0.2, -0.15) is 13.2 Å². The van der Waals surface area contributed by atoms with Crippen LogP contribution in [0.1, 0.15) is 0 Å². The van der Waals surface area contributed by atoms with E-state index in [0.717, 1.165) is 12.4 Å². The minimum atomic E-state index is -5.46. The van der Waals surface area contributed by atoms with E-state index in [1.807, 2.05) is 0 Å². The average Bonchev–Trinajstić information content (AvgIpc) is 2.03. The lowest BCUT2D eigenvalue weighted by atomic mass is 10.5. The summed E-state index contributed by atoms with van der Waals surface area (Å²) in [4.78, 5) is 2.53. The van der Waals surface area contributed by atoms with Gasteiger partial charge in [-0.1, -0.05) is 6.07 Å². The van der Waals surface area contributed by atoms with Crippen molar-refractivity contribution >= 4 is 10.0 Å². The van der Waals surface area contributed by atoms with Crippen molar-refractivity contribution in [1.82, 2.24) is 0 Å². The standard InChI is InChI=1S/C6H5F3N2O2S/c7-6(8,9)14(12,13)10-11-4-2-1-3-5-11/h1-5H. The third-order valence-corrected chi connectivity index (χ3v) is 2.18. The van der Waals surface area contributed by atoms with Gasteiger partial charge in [0.25, 0.3) is 0 Å². The Morgan fingerprint density at radius 1 is 1.07 bits per heavy atom. The maximum Gasteiger partial charge on any atom is 0.487 e. The van der Waals surface area contributed by atoms with Gasteiger partial charge in [0.05, 0.1) is 0 Å². The lowest BCUT2D eigenvalue weighted by molar-refractivity contribution is -0.614. The first kappa shape index (κ1) is 10.8. The van der Waals surface area contributed by atoms with Crippen molar-refractivity contribution < 1.29 is 26.3 Å². The molecular weight excluding hydrogens is 221 g/mol. The van der Waals surface area contributed by atoms with E-state index in [1.54, 1.807) is 0 Å². The summed E-state index contributed by atoms with van der Waals surface area (Å²) in [6, 6.07) is 4.23. The minimum absolute atomic E-state index is 0.572. The third kappa shape index (κ3) is 2.34. The van der Waals surface area contributed by atoms with Crippen LogP contribution < -0.4 is 4.68 Å². The molecule has 0 atom stereocenters. The Labute approximate surface area is 78.0 Å². The molecule has 8 heteroatoms. The first-order valence-corrected chi connectivity index (χ1v) is 4.78. The molecule has 0 aliphatic carbocycles. The van der Waals surface area contributed by atoms with Crippen molar-refractivity contribution in [3.8, 4) is 0 Å². The van der Waals surface area contributed by atoms with Gasteiger partial charge >= 0.3 is 5.51 Å². The Hall–Kier alpha value is -1.31. The SMILES string of the molecule is O=S(=O)([N-][n+]1ccccc1)C(F)(F)F. The highest BCUT2D eigenvalue weighted by atomic mass is 32.2. The predicted molar refractivity (Wildman–Crippen MR) is 40.4 cm³/mol. The zero-order valence-electron chi connectivity index (χ0n) is 6.64. The molecule has 0 spiro atoms. The van der Waals surface area contributed by atoms with Crippen molar-refractivity contribution in [3.63, 3.8) is 0 Å². The number of pyridine rings is 1. The Kier molecular flexibility index (Phi) is 2.65. The van der Waals surface area contributed by atoms with E-state index in [0.29, 0.717) is 4.68 Å². The quantitative estimate of drug-likeness (QED) is 0.705. The maximum atomic E-state index is 11.8. The Morgan fingerprint density at radius 2 is 1.57 bits per heavy atom. The summed E-state index contributed by atoms with van der Waals surface area (Å²) < 4.78 is 57.1.